The smallest absolute Gasteiger partial charge is 0.325 e. The Bertz CT molecular complexity index is 588. The molecule has 1 aromatic rings. The molecule has 2 heterocycles. The normalized spacial score (nSPS) is 16.0. The molecule has 0 radical (unpaired) electrons. The zero-order valence-electron chi connectivity index (χ0n) is 9.49. The molecular weight excluding hydrogens is 240 g/mol. The maximum Gasteiger partial charge on any atom is 0.325 e. The van der Waals surface area contributed by atoms with Gasteiger partial charge in [-0.25, -0.2) is 4.79 Å². The zero-order valence-corrected chi connectivity index (χ0v) is 9.49. The fraction of sp³-hybridized carbons (Fsp3) is 0.400. The van der Waals surface area contributed by atoms with Gasteiger partial charge < -0.3 is 15.2 Å². The standard InChI is InChI=1S/C10H12N4O4/c15-7-5-14(3-1-2-11-7)9(17)6-4-12-10(18)13-8(6)16/h4H,1-3,5H2,(H,11,15)(H2,12,13,16,18). The first-order valence-corrected chi connectivity index (χ1v) is 5.46. The van der Waals surface area contributed by atoms with Gasteiger partial charge in [0, 0.05) is 19.3 Å². The van der Waals surface area contributed by atoms with Crippen LogP contribution in [0.5, 0.6) is 0 Å². The molecule has 0 bridgehead atoms. The number of carbonyl (C=O) groups is 2. The summed E-state index contributed by atoms with van der Waals surface area (Å²) in [5.41, 5.74) is -1.61. The first kappa shape index (κ1) is 12.1. The molecule has 3 N–H and O–H groups in total. The van der Waals surface area contributed by atoms with Gasteiger partial charge in [0.2, 0.25) is 5.91 Å². The summed E-state index contributed by atoms with van der Waals surface area (Å²) >= 11 is 0. The number of rotatable bonds is 1. The van der Waals surface area contributed by atoms with Crippen LogP contribution >= 0.6 is 0 Å². The first-order valence-electron chi connectivity index (χ1n) is 5.46. The Morgan fingerprint density at radius 3 is 2.78 bits per heavy atom. The zero-order chi connectivity index (χ0) is 13.1. The number of amides is 2. The van der Waals surface area contributed by atoms with E-state index in [-0.39, 0.29) is 18.0 Å². The van der Waals surface area contributed by atoms with Gasteiger partial charge in [-0.3, -0.25) is 19.4 Å². The Balaban J connectivity index is 2.27. The van der Waals surface area contributed by atoms with Gasteiger partial charge in [-0.2, -0.15) is 0 Å². The van der Waals surface area contributed by atoms with E-state index in [1.54, 1.807) is 0 Å². The highest BCUT2D eigenvalue weighted by Crippen LogP contribution is 2.01. The Kier molecular flexibility index (Phi) is 3.26. The second kappa shape index (κ2) is 4.86. The Morgan fingerprint density at radius 2 is 2.06 bits per heavy atom. The van der Waals surface area contributed by atoms with Crippen LogP contribution in [0.3, 0.4) is 0 Å². The molecular formula is C10H12N4O4. The van der Waals surface area contributed by atoms with Crippen LogP contribution in [0.1, 0.15) is 16.8 Å². The third-order valence-electron chi connectivity index (χ3n) is 2.60. The lowest BCUT2D eigenvalue weighted by molar-refractivity contribution is -0.121. The summed E-state index contributed by atoms with van der Waals surface area (Å²) < 4.78 is 0. The van der Waals surface area contributed by atoms with Gasteiger partial charge in [-0.1, -0.05) is 0 Å². The third kappa shape index (κ3) is 2.47. The molecule has 0 atom stereocenters. The lowest BCUT2D eigenvalue weighted by Gasteiger charge is -2.18. The summed E-state index contributed by atoms with van der Waals surface area (Å²) in [5, 5.41) is 2.63. The fourth-order valence-corrected chi connectivity index (χ4v) is 1.72. The molecule has 8 heteroatoms. The number of hydrogen-bond donors (Lipinski definition) is 3. The number of aromatic amines is 2. The molecule has 0 saturated carbocycles. The second-order valence-corrected chi connectivity index (χ2v) is 3.92. The van der Waals surface area contributed by atoms with Crippen molar-refractivity contribution in [3.63, 3.8) is 0 Å². The van der Waals surface area contributed by atoms with E-state index in [9.17, 15) is 19.2 Å². The van der Waals surface area contributed by atoms with Crippen molar-refractivity contribution >= 4 is 11.8 Å². The average Bonchev–Trinajstić information content (AvgIpc) is 2.53. The van der Waals surface area contributed by atoms with Crippen LogP contribution in [0.25, 0.3) is 0 Å². The molecule has 1 aliphatic heterocycles. The maximum atomic E-state index is 12.0. The summed E-state index contributed by atoms with van der Waals surface area (Å²) in [4.78, 5) is 51.2. The van der Waals surface area contributed by atoms with Crippen molar-refractivity contribution in [2.75, 3.05) is 19.6 Å². The van der Waals surface area contributed by atoms with Gasteiger partial charge in [0.25, 0.3) is 11.5 Å². The van der Waals surface area contributed by atoms with Crippen molar-refractivity contribution < 1.29 is 9.59 Å². The van der Waals surface area contributed by atoms with Crippen molar-refractivity contribution in [3.8, 4) is 0 Å². The third-order valence-corrected chi connectivity index (χ3v) is 2.60. The lowest BCUT2D eigenvalue weighted by atomic mass is 10.2. The van der Waals surface area contributed by atoms with Gasteiger partial charge in [0.1, 0.15) is 5.56 Å². The number of nitrogens with zero attached hydrogens (tertiary/aromatic N) is 1. The quantitative estimate of drug-likeness (QED) is 0.537. The molecule has 2 amide bonds. The predicted octanol–water partition coefficient (Wildman–Crippen LogP) is -1.97. The molecule has 8 nitrogen and oxygen atoms in total. The van der Waals surface area contributed by atoms with Crippen molar-refractivity contribution in [1.29, 1.82) is 0 Å². The van der Waals surface area contributed by atoms with Crippen LogP contribution < -0.4 is 16.6 Å². The molecule has 1 aliphatic rings. The number of carbonyl (C=O) groups excluding carboxylic acids is 2. The monoisotopic (exact) mass is 252 g/mol. The SMILES string of the molecule is O=C1CN(C(=O)c2c[nH]c(=O)[nH]c2=O)CCCN1. The van der Waals surface area contributed by atoms with Gasteiger partial charge in [-0.15, -0.1) is 0 Å². The number of aromatic nitrogens is 2. The minimum Gasteiger partial charge on any atom is -0.354 e. The van der Waals surface area contributed by atoms with Crippen LogP contribution in [0.4, 0.5) is 0 Å². The minimum absolute atomic E-state index is 0.0859. The fourth-order valence-electron chi connectivity index (χ4n) is 1.72. The number of H-pyrrole nitrogens is 2. The van der Waals surface area contributed by atoms with Crippen LogP contribution in [0.15, 0.2) is 15.8 Å². The van der Waals surface area contributed by atoms with E-state index in [1.165, 1.54) is 4.90 Å². The van der Waals surface area contributed by atoms with Gasteiger partial charge in [0.05, 0.1) is 6.54 Å². The molecule has 1 aromatic heterocycles. The molecule has 0 aromatic carbocycles. The van der Waals surface area contributed by atoms with Crippen LogP contribution in [-0.2, 0) is 4.79 Å². The lowest BCUT2D eigenvalue weighted by Crippen LogP contribution is -2.40. The molecule has 1 fully saturated rings. The number of nitrogens with one attached hydrogen (secondary N) is 3. The Labute approximate surface area is 101 Å². The van der Waals surface area contributed by atoms with E-state index in [4.69, 9.17) is 0 Å². The van der Waals surface area contributed by atoms with Crippen molar-refractivity contribution in [1.82, 2.24) is 20.2 Å². The number of hydrogen-bond acceptors (Lipinski definition) is 4. The molecule has 0 spiro atoms. The van der Waals surface area contributed by atoms with Crippen LogP contribution in [0, 0.1) is 0 Å². The average molecular weight is 252 g/mol. The Hall–Kier alpha value is -2.38. The maximum absolute atomic E-state index is 12.0. The van der Waals surface area contributed by atoms with Crippen molar-refractivity contribution in [2.45, 2.75) is 6.42 Å². The molecule has 1 saturated heterocycles. The molecule has 0 aliphatic carbocycles. The molecule has 0 unspecified atom stereocenters. The summed E-state index contributed by atoms with van der Waals surface area (Å²) in [6.07, 6.45) is 1.69. The summed E-state index contributed by atoms with van der Waals surface area (Å²) in [6.45, 7) is 0.804. The summed E-state index contributed by atoms with van der Waals surface area (Å²) in [7, 11) is 0. The molecule has 2 rings (SSSR count). The van der Waals surface area contributed by atoms with E-state index in [0.29, 0.717) is 19.5 Å². The van der Waals surface area contributed by atoms with Gasteiger partial charge in [0.15, 0.2) is 0 Å². The van der Waals surface area contributed by atoms with Crippen molar-refractivity contribution in [2.24, 2.45) is 0 Å². The van der Waals surface area contributed by atoms with Gasteiger partial charge >= 0.3 is 5.69 Å². The minimum atomic E-state index is -0.756. The largest absolute Gasteiger partial charge is 0.354 e. The second-order valence-electron chi connectivity index (χ2n) is 3.92. The highest BCUT2D eigenvalue weighted by atomic mass is 16.2. The predicted molar refractivity (Wildman–Crippen MR) is 61.2 cm³/mol. The van der Waals surface area contributed by atoms with E-state index < -0.39 is 17.2 Å². The van der Waals surface area contributed by atoms with Crippen LogP contribution in [-0.4, -0.2) is 46.3 Å². The van der Waals surface area contributed by atoms with E-state index in [0.717, 1.165) is 6.20 Å². The molecule has 96 valence electrons. The van der Waals surface area contributed by atoms with Crippen LogP contribution in [0.2, 0.25) is 0 Å². The van der Waals surface area contributed by atoms with Crippen molar-refractivity contribution in [3.05, 3.63) is 32.6 Å². The highest BCUT2D eigenvalue weighted by Gasteiger charge is 2.23. The van der Waals surface area contributed by atoms with E-state index in [2.05, 4.69) is 10.3 Å². The highest BCUT2D eigenvalue weighted by molar-refractivity contribution is 5.96. The Morgan fingerprint density at radius 1 is 1.28 bits per heavy atom. The van der Waals surface area contributed by atoms with E-state index in [1.807, 2.05) is 4.98 Å². The van der Waals surface area contributed by atoms with E-state index >= 15 is 0 Å². The first-order chi connectivity index (χ1) is 8.58. The topological polar surface area (TPSA) is 115 Å². The summed E-state index contributed by atoms with van der Waals surface area (Å²) in [5.74, 6) is -0.828. The summed E-state index contributed by atoms with van der Waals surface area (Å²) in [6, 6.07) is 0. The molecule has 18 heavy (non-hydrogen) atoms. The van der Waals surface area contributed by atoms with Gasteiger partial charge in [-0.05, 0) is 6.42 Å².